The number of thiazole rings is 1. The molecule has 1 saturated heterocycles. The van der Waals surface area contributed by atoms with Gasteiger partial charge in [-0.05, 0) is 24.0 Å². The lowest BCUT2D eigenvalue weighted by Crippen LogP contribution is -2.71. The lowest BCUT2D eigenvalue weighted by Gasteiger charge is -2.50. The second-order valence-electron chi connectivity index (χ2n) is 10.2. The molecule has 0 aliphatic carbocycles. The van der Waals surface area contributed by atoms with Crippen LogP contribution in [0.3, 0.4) is 0 Å². The summed E-state index contributed by atoms with van der Waals surface area (Å²) in [6.07, 6.45) is 0.177. The summed E-state index contributed by atoms with van der Waals surface area (Å²) in [5, 5.41) is 31.7. The van der Waals surface area contributed by atoms with Gasteiger partial charge in [0, 0.05) is 24.4 Å². The van der Waals surface area contributed by atoms with E-state index in [1.54, 1.807) is 27.5 Å². The number of oxime groups is 1. The second kappa shape index (κ2) is 13.5. The third-order valence-corrected chi connectivity index (χ3v) is 10.1. The molecule has 1 unspecified atom stereocenters. The van der Waals surface area contributed by atoms with Crippen LogP contribution in [0.1, 0.15) is 12.6 Å². The minimum Gasteiger partial charge on any atom is -0.543 e. The zero-order valence-corrected chi connectivity index (χ0v) is 27.7. The first-order valence-corrected chi connectivity index (χ1v) is 17.4. The third kappa shape index (κ3) is 7.00. The maximum Gasteiger partial charge on any atom is 0.351 e. The summed E-state index contributed by atoms with van der Waals surface area (Å²) in [5.74, 6) is -4.58. The molecule has 3 atom stereocenters. The van der Waals surface area contributed by atoms with Gasteiger partial charge in [-0.1, -0.05) is 28.1 Å². The molecule has 2 aliphatic heterocycles. The van der Waals surface area contributed by atoms with Gasteiger partial charge in [0.1, 0.15) is 33.5 Å². The van der Waals surface area contributed by atoms with Crippen LogP contribution in [0.15, 0.2) is 34.8 Å². The van der Waals surface area contributed by atoms with Crippen LogP contribution in [0.2, 0.25) is 4.34 Å². The Morgan fingerprint density at radius 3 is 2.69 bits per heavy atom. The van der Waals surface area contributed by atoms with Crippen LogP contribution in [0.5, 0.6) is 0 Å². The normalized spacial score (nSPS) is 18.8. The van der Waals surface area contributed by atoms with Crippen molar-refractivity contribution in [3.05, 3.63) is 39.6 Å². The Kier molecular flexibility index (Phi) is 9.79. The number of thioether (sulfide) groups is 1. The average Bonchev–Trinajstić information content (AvgIpc) is 3.51. The number of imidazole rings is 1. The number of aromatic nitrogens is 4. The van der Waals surface area contributed by atoms with Crippen molar-refractivity contribution in [2.45, 2.75) is 37.5 Å². The Morgan fingerprint density at radius 1 is 1.33 bits per heavy atom. The predicted octanol–water partition coefficient (Wildman–Crippen LogP) is -3.31. The van der Waals surface area contributed by atoms with Crippen LogP contribution in [0.4, 0.5) is 11.1 Å². The molecule has 20 nitrogen and oxygen atoms in total. The number of carboxylic acid groups (broad SMARTS) is 2. The summed E-state index contributed by atoms with van der Waals surface area (Å²) in [7, 11) is -3.93. The van der Waals surface area contributed by atoms with E-state index in [2.05, 4.69) is 25.2 Å². The maximum atomic E-state index is 13.3. The quantitative estimate of drug-likeness (QED) is 0.0432. The van der Waals surface area contributed by atoms with Gasteiger partial charge in [-0.3, -0.25) is 19.1 Å². The summed E-state index contributed by atoms with van der Waals surface area (Å²) in [6, 6.07) is 2.14. The molecular formula is C24H26ClN11O9S3. The molecule has 256 valence electrons. The van der Waals surface area contributed by atoms with Gasteiger partial charge in [0.05, 0.1) is 17.9 Å². The molecule has 0 bridgehead atoms. The molecule has 9 N–H and O–H groups in total. The molecule has 0 saturated carbocycles. The molecule has 2 amide bonds. The van der Waals surface area contributed by atoms with Crippen molar-refractivity contribution in [1.82, 2.24) is 29.5 Å². The Morgan fingerprint density at radius 2 is 2.06 bits per heavy atom. The molecule has 0 spiro atoms. The van der Waals surface area contributed by atoms with Crippen molar-refractivity contribution in [3.63, 3.8) is 0 Å². The fraction of sp³-hybridized carbons (Fsp3) is 0.333. The molecule has 3 aromatic rings. The van der Waals surface area contributed by atoms with Crippen LogP contribution in [-0.4, -0.2) is 92.2 Å². The fourth-order valence-electron chi connectivity index (χ4n) is 4.86. The molecule has 5 heterocycles. The number of β-lactam (4-membered cyclic amide) rings is 1. The zero-order chi connectivity index (χ0) is 35.1. The number of carboxylic acids is 2. The van der Waals surface area contributed by atoms with Crippen LogP contribution >= 0.6 is 34.7 Å². The molecule has 2 aliphatic rings. The SMILES string of the molecule is C[C@H](O/N=C(\C(=O)N[C@@H]1C(=O)N2C(C(=O)[O-])=C(C[n+]3cccc4c3nc(N)n4CCNS(N)(=O)=O)CSC12)c1nc(N)sc1Cl)C(=O)O. The first-order valence-electron chi connectivity index (χ1n) is 13.6. The van der Waals surface area contributed by atoms with Crippen molar-refractivity contribution in [2.75, 3.05) is 23.8 Å². The van der Waals surface area contributed by atoms with E-state index in [9.17, 15) is 32.7 Å². The first kappa shape index (κ1) is 34.8. The number of rotatable bonds is 13. The number of pyridine rings is 1. The van der Waals surface area contributed by atoms with Gasteiger partial charge in [-0.15, -0.1) is 11.8 Å². The summed E-state index contributed by atoms with van der Waals surface area (Å²) < 4.78 is 27.8. The molecular weight excluding hydrogens is 718 g/mol. The average molecular weight is 744 g/mol. The number of aliphatic carboxylic acids is 2. The van der Waals surface area contributed by atoms with Crippen molar-refractivity contribution >= 4 is 96.6 Å². The topological polar surface area (TPSA) is 307 Å². The van der Waals surface area contributed by atoms with Gasteiger partial charge in [-0.2, -0.15) is 8.42 Å². The molecule has 0 aromatic carbocycles. The lowest BCUT2D eigenvalue weighted by molar-refractivity contribution is -0.664. The Bertz CT molecular complexity index is 2010. The van der Waals surface area contributed by atoms with E-state index in [0.29, 0.717) is 16.7 Å². The predicted molar refractivity (Wildman–Crippen MR) is 169 cm³/mol. The minimum atomic E-state index is -3.93. The minimum absolute atomic E-state index is 0.0196. The highest BCUT2D eigenvalue weighted by atomic mass is 35.5. The molecule has 0 radical (unpaired) electrons. The zero-order valence-electron chi connectivity index (χ0n) is 24.5. The van der Waals surface area contributed by atoms with Crippen molar-refractivity contribution in [2.24, 2.45) is 10.3 Å². The summed E-state index contributed by atoms with van der Waals surface area (Å²) in [6.45, 7) is 1.17. The summed E-state index contributed by atoms with van der Waals surface area (Å²) >= 11 is 8.14. The summed E-state index contributed by atoms with van der Waals surface area (Å²) in [4.78, 5) is 64.4. The van der Waals surface area contributed by atoms with E-state index in [4.69, 9.17) is 38.2 Å². The van der Waals surface area contributed by atoms with E-state index in [0.717, 1.165) is 16.2 Å². The monoisotopic (exact) mass is 743 g/mol. The molecule has 5 rings (SSSR count). The molecule has 24 heteroatoms. The Hall–Kier alpha value is -4.55. The highest BCUT2D eigenvalue weighted by Crippen LogP contribution is 2.40. The number of fused-ring (bicyclic) bond motifs is 2. The number of nitrogens with zero attached hydrogens (tertiary/aromatic N) is 6. The third-order valence-electron chi connectivity index (χ3n) is 7.03. The molecule has 48 heavy (non-hydrogen) atoms. The number of halogens is 1. The maximum absolute atomic E-state index is 13.3. The van der Waals surface area contributed by atoms with Crippen LogP contribution < -0.4 is 36.3 Å². The van der Waals surface area contributed by atoms with Gasteiger partial charge < -0.3 is 36.6 Å². The largest absolute Gasteiger partial charge is 0.543 e. The number of hydrogen-bond acceptors (Lipinski definition) is 15. The second-order valence-corrected chi connectivity index (χ2v) is 14.3. The van der Waals surface area contributed by atoms with Crippen LogP contribution in [0.25, 0.3) is 11.2 Å². The van der Waals surface area contributed by atoms with Crippen LogP contribution in [-0.2, 0) is 47.3 Å². The summed E-state index contributed by atoms with van der Waals surface area (Å²) in [5.41, 5.74) is 11.8. The fourth-order valence-corrected chi connectivity index (χ4v) is 7.50. The number of amides is 2. The Balaban J connectivity index is 1.38. The number of nitrogens with one attached hydrogen (secondary N) is 2. The standard InChI is InChI=1S/C24H26ClN11O9S3/c1-9(21(39)40)45-33-13(12-16(25)47-24(27)31-12)18(37)30-14-19(38)36-15(22(41)42)10(8-46-20(14)36)7-34-5-2-3-11-17(34)32-23(26)35(11)6-4-29-48(28,43)44/h2-3,5,9,14,20,26,29H,4,6-8H2,1H3,(H7,27,28,30,31,37,39,40,41,42,43,44)/b33-13-/t9-,14+,20?/m0/s1. The van der Waals surface area contributed by atoms with E-state index in [1.807, 2.05) is 0 Å². The number of anilines is 2. The highest BCUT2D eigenvalue weighted by Gasteiger charge is 2.53. The van der Waals surface area contributed by atoms with Crippen LogP contribution in [0, 0.1) is 0 Å². The van der Waals surface area contributed by atoms with E-state index in [-0.39, 0.29) is 52.2 Å². The van der Waals surface area contributed by atoms with Gasteiger partial charge in [0.15, 0.2) is 10.8 Å². The number of carbonyl (C=O) groups is 4. The number of carbonyl (C=O) groups excluding carboxylic acids is 3. The van der Waals surface area contributed by atoms with Crippen molar-refractivity contribution < 1.29 is 47.2 Å². The molecule has 3 aromatic heterocycles. The van der Waals surface area contributed by atoms with Crippen molar-refractivity contribution in [1.29, 1.82) is 0 Å². The van der Waals surface area contributed by atoms with Crippen molar-refractivity contribution in [3.8, 4) is 0 Å². The lowest BCUT2D eigenvalue weighted by atomic mass is 10.0. The van der Waals surface area contributed by atoms with Gasteiger partial charge in [0.2, 0.25) is 6.10 Å². The first-order chi connectivity index (χ1) is 22.6. The number of hydrogen-bond donors (Lipinski definition) is 6. The number of nitrogen functional groups attached to an aromatic ring is 2. The van der Waals surface area contributed by atoms with Gasteiger partial charge >= 0.3 is 17.6 Å². The van der Waals surface area contributed by atoms with Gasteiger partial charge in [-0.25, -0.2) is 24.2 Å². The van der Waals surface area contributed by atoms with Gasteiger partial charge in [0.25, 0.3) is 22.0 Å². The molecule has 1 fully saturated rings. The van der Waals surface area contributed by atoms with E-state index in [1.165, 1.54) is 18.7 Å². The van der Waals surface area contributed by atoms with E-state index < -0.39 is 57.2 Å². The van der Waals surface area contributed by atoms with E-state index >= 15 is 0 Å². The highest BCUT2D eigenvalue weighted by molar-refractivity contribution is 8.00. The smallest absolute Gasteiger partial charge is 0.351 e. The number of nitrogens with two attached hydrogens (primary N) is 3. The Labute approximate surface area is 283 Å².